The van der Waals surface area contributed by atoms with E-state index >= 15 is 0 Å². The summed E-state index contributed by atoms with van der Waals surface area (Å²) in [5, 5.41) is 0. The van der Waals surface area contributed by atoms with Gasteiger partial charge in [-0.05, 0) is 42.7 Å². The minimum absolute atomic E-state index is 0.479. The van der Waals surface area contributed by atoms with Gasteiger partial charge in [0.05, 0.1) is 6.10 Å². The van der Waals surface area contributed by atoms with Crippen molar-refractivity contribution >= 4 is 11.8 Å². The van der Waals surface area contributed by atoms with Crippen molar-refractivity contribution in [1.29, 1.82) is 0 Å². The molecular formula is C16H16OS. The van der Waals surface area contributed by atoms with Crippen molar-refractivity contribution in [1.82, 2.24) is 0 Å². The molecule has 0 aliphatic heterocycles. The van der Waals surface area contributed by atoms with E-state index < -0.39 is 0 Å². The smallest absolute Gasteiger partial charge is 0.119 e. The second-order valence-corrected chi connectivity index (χ2v) is 5.61. The molecule has 2 aromatic carbocycles. The van der Waals surface area contributed by atoms with E-state index in [-0.39, 0.29) is 0 Å². The van der Waals surface area contributed by atoms with Crippen LogP contribution in [0.1, 0.15) is 18.4 Å². The molecule has 0 bridgehead atoms. The Hall–Kier alpha value is -1.41. The molecule has 1 aliphatic carbocycles. The van der Waals surface area contributed by atoms with Crippen LogP contribution in [-0.2, 0) is 5.75 Å². The quantitative estimate of drug-likeness (QED) is 0.727. The lowest BCUT2D eigenvalue weighted by Gasteiger charge is -2.05. The maximum absolute atomic E-state index is 5.73. The van der Waals surface area contributed by atoms with Crippen LogP contribution in [0.25, 0.3) is 0 Å². The third-order valence-electron chi connectivity index (χ3n) is 2.90. The van der Waals surface area contributed by atoms with E-state index in [1.165, 1.54) is 23.3 Å². The van der Waals surface area contributed by atoms with E-state index in [2.05, 4.69) is 54.6 Å². The first-order chi connectivity index (χ1) is 8.90. The molecule has 0 unspecified atom stereocenters. The minimum Gasteiger partial charge on any atom is -0.490 e. The van der Waals surface area contributed by atoms with Crippen molar-refractivity contribution in [2.24, 2.45) is 0 Å². The predicted octanol–water partition coefficient (Wildman–Crippen LogP) is 4.52. The summed E-state index contributed by atoms with van der Waals surface area (Å²) in [5.74, 6) is 2.02. The van der Waals surface area contributed by atoms with Crippen LogP contribution >= 0.6 is 11.8 Å². The largest absolute Gasteiger partial charge is 0.490 e. The molecule has 0 saturated heterocycles. The Balaban J connectivity index is 1.56. The number of benzene rings is 2. The molecule has 92 valence electrons. The second kappa shape index (κ2) is 5.49. The SMILES string of the molecule is c1ccc(CSc2ccc(OC3CC3)cc2)cc1. The van der Waals surface area contributed by atoms with Crippen LogP contribution in [0.15, 0.2) is 59.5 Å². The van der Waals surface area contributed by atoms with Crippen LogP contribution < -0.4 is 4.74 Å². The van der Waals surface area contributed by atoms with Crippen LogP contribution in [0.3, 0.4) is 0 Å². The summed E-state index contributed by atoms with van der Waals surface area (Å²) in [6.45, 7) is 0. The topological polar surface area (TPSA) is 9.23 Å². The fourth-order valence-electron chi connectivity index (χ4n) is 1.73. The summed E-state index contributed by atoms with van der Waals surface area (Å²) in [4.78, 5) is 1.29. The minimum atomic E-state index is 0.479. The second-order valence-electron chi connectivity index (χ2n) is 4.56. The standard InChI is InChI=1S/C16H16OS/c1-2-4-13(5-3-1)12-18-16-10-8-15(9-11-16)17-14-6-7-14/h1-5,8-11,14H,6-7,12H2. The third-order valence-corrected chi connectivity index (χ3v) is 3.98. The van der Waals surface area contributed by atoms with E-state index in [4.69, 9.17) is 4.74 Å². The number of rotatable bonds is 5. The van der Waals surface area contributed by atoms with Crippen LogP contribution in [0.2, 0.25) is 0 Å². The average molecular weight is 256 g/mol. The van der Waals surface area contributed by atoms with E-state index in [0.29, 0.717) is 6.10 Å². The molecule has 1 nitrogen and oxygen atoms in total. The summed E-state index contributed by atoms with van der Waals surface area (Å²) in [7, 11) is 0. The Morgan fingerprint density at radius 2 is 1.67 bits per heavy atom. The maximum Gasteiger partial charge on any atom is 0.119 e. The third kappa shape index (κ3) is 3.30. The molecule has 1 aliphatic rings. The lowest BCUT2D eigenvalue weighted by Crippen LogP contribution is -1.94. The van der Waals surface area contributed by atoms with Gasteiger partial charge in [0.15, 0.2) is 0 Å². The van der Waals surface area contributed by atoms with E-state index in [9.17, 15) is 0 Å². The van der Waals surface area contributed by atoms with Gasteiger partial charge < -0.3 is 4.74 Å². The molecule has 0 heterocycles. The first-order valence-electron chi connectivity index (χ1n) is 6.33. The molecule has 18 heavy (non-hydrogen) atoms. The van der Waals surface area contributed by atoms with Gasteiger partial charge in [-0.1, -0.05) is 30.3 Å². The monoisotopic (exact) mass is 256 g/mol. The molecule has 0 radical (unpaired) electrons. The zero-order valence-corrected chi connectivity index (χ0v) is 11.0. The van der Waals surface area contributed by atoms with Gasteiger partial charge in [0.1, 0.15) is 5.75 Å². The van der Waals surface area contributed by atoms with Crippen LogP contribution in [0.4, 0.5) is 0 Å². The maximum atomic E-state index is 5.73. The van der Waals surface area contributed by atoms with E-state index in [1.807, 2.05) is 11.8 Å². The zero-order valence-electron chi connectivity index (χ0n) is 10.2. The predicted molar refractivity (Wildman–Crippen MR) is 76.1 cm³/mol. The van der Waals surface area contributed by atoms with Crippen molar-refractivity contribution in [3.05, 3.63) is 60.2 Å². The van der Waals surface area contributed by atoms with Crippen molar-refractivity contribution in [3.63, 3.8) is 0 Å². The Morgan fingerprint density at radius 1 is 0.944 bits per heavy atom. The van der Waals surface area contributed by atoms with Gasteiger partial charge in [0.2, 0.25) is 0 Å². The van der Waals surface area contributed by atoms with E-state index in [1.54, 1.807) is 0 Å². The number of thioether (sulfide) groups is 1. The van der Waals surface area contributed by atoms with Crippen molar-refractivity contribution < 1.29 is 4.74 Å². The molecule has 2 heteroatoms. The number of hydrogen-bond acceptors (Lipinski definition) is 2. The Morgan fingerprint density at radius 3 is 2.33 bits per heavy atom. The van der Waals surface area contributed by atoms with Crippen LogP contribution in [0, 0.1) is 0 Å². The highest BCUT2D eigenvalue weighted by atomic mass is 32.2. The lowest BCUT2D eigenvalue weighted by molar-refractivity contribution is 0.303. The van der Waals surface area contributed by atoms with Gasteiger partial charge in [-0.15, -0.1) is 11.8 Å². The zero-order chi connectivity index (χ0) is 12.2. The summed E-state index contributed by atoms with van der Waals surface area (Å²) < 4.78 is 5.73. The molecular weight excluding hydrogens is 240 g/mol. The molecule has 1 fully saturated rings. The summed E-state index contributed by atoms with van der Waals surface area (Å²) in [6.07, 6.45) is 2.91. The molecule has 0 aromatic heterocycles. The molecule has 0 spiro atoms. The average Bonchev–Trinajstić information content (AvgIpc) is 3.23. The summed E-state index contributed by atoms with van der Waals surface area (Å²) in [5.41, 5.74) is 1.36. The van der Waals surface area contributed by atoms with Gasteiger partial charge in [-0.3, -0.25) is 0 Å². The lowest BCUT2D eigenvalue weighted by atomic mass is 10.2. The van der Waals surface area contributed by atoms with E-state index in [0.717, 1.165) is 11.5 Å². The Labute approximate surface area is 112 Å². The molecule has 3 rings (SSSR count). The van der Waals surface area contributed by atoms with Crippen molar-refractivity contribution in [2.45, 2.75) is 29.6 Å². The Kier molecular flexibility index (Phi) is 3.56. The van der Waals surface area contributed by atoms with Gasteiger partial charge in [0, 0.05) is 10.6 Å². The van der Waals surface area contributed by atoms with Gasteiger partial charge in [0.25, 0.3) is 0 Å². The fourth-order valence-corrected chi connectivity index (χ4v) is 2.59. The highest BCUT2D eigenvalue weighted by Crippen LogP contribution is 2.29. The first-order valence-corrected chi connectivity index (χ1v) is 7.32. The summed E-state index contributed by atoms with van der Waals surface area (Å²) >= 11 is 1.86. The molecule has 0 N–H and O–H groups in total. The van der Waals surface area contributed by atoms with Crippen LogP contribution in [-0.4, -0.2) is 6.10 Å². The van der Waals surface area contributed by atoms with Gasteiger partial charge in [-0.2, -0.15) is 0 Å². The Bertz CT molecular complexity index is 488. The first kappa shape index (κ1) is 11.7. The fraction of sp³-hybridized carbons (Fsp3) is 0.250. The normalized spacial score (nSPS) is 14.4. The highest BCUT2D eigenvalue weighted by molar-refractivity contribution is 7.98. The van der Waals surface area contributed by atoms with Crippen molar-refractivity contribution in [3.8, 4) is 5.75 Å². The number of ether oxygens (including phenoxy) is 1. The van der Waals surface area contributed by atoms with Gasteiger partial charge >= 0.3 is 0 Å². The van der Waals surface area contributed by atoms with Crippen molar-refractivity contribution in [2.75, 3.05) is 0 Å². The molecule has 0 atom stereocenters. The highest BCUT2D eigenvalue weighted by Gasteiger charge is 2.23. The van der Waals surface area contributed by atoms with Crippen LogP contribution in [0.5, 0.6) is 5.75 Å². The number of hydrogen-bond donors (Lipinski definition) is 0. The molecule has 1 saturated carbocycles. The molecule has 0 amide bonds. The summed E-state index contributed by atoms with van der Waals surface area (Å²) in [6, 6.07) is 19.0. The van der Waals surface area contributed by atoms with Gasteiger partial charge in [-0.25, -0.2) is 0 Å². The molecule has 2 aromatic rings.